The first-order chi connectivity index (χ1) is 9.23. The van der Waals surface area contributed by atoms with E-state index in [0.29, 0.717) is 12.5 Å². The number of amides is 1. The van der Waals surface area contributed by atoms with Crippen molar-refractivity contribution in [3.8, 4) is 0 Å². The van der Waals surface area contributed by atoms with Crippen LogP contribution in [-0.4, -0.2) is 49.1 Å². The molecule has 0 aromatic rings. The Labute approximate surface area is 123 Å². The van der Waals surface area contributed by atoms with Gasteiger partial charge in [0.1, 0.15) is 6.54 Å². The Morgan fingerprint density at radius 1 is 1.20 bits per heavy atom. The molecule has 118 valence electrons. The van der Waals surface area contributed by atoms with Crippen LogP contribution in [0.5, 0.6) is 0 Å². The van der Waals surface area contributed by atoms with Gasteiger partial charge in [0.05, 0.1) is 13.7 Å². The molecular weight excluding hydrogens is 256 g/mol. The van der Waals surface area contributed by atoms with Crippen molar-refractivity contribution in [3.05, 3.63) is 0 Å². The molecule has 20 heavy (non-hydrogen) atoms. The van der Waals surface area contributed by atoms with Gasteiger partial charge in [0.2, 0.25) is 5.91 Å². The van der Waals surface area contributed by atoms with Crippen LogP contribution in [0.3, 0.4) is 0 Å². The zero-order valence-corrected chi connectivity index (χ0v) is 13.8. The van der Waals surface area contributed by atoms with E-state index < -0.39 is 0 Å². The zero-order valence-electron chi connectivity index (χ0n) is 13.8. The highest BCUT2D eigenvalue weighted by Gasteiger charge is 2.21. The van der Waals surface area contributed by atoms with Crippen LogP contribution in [0.2, 0.25) is 0 Å². The molecular formula is C15H30N2O3. The van der Waals surface area contributed by atoms with E-state index in [-0.39, 0.29) is 30.5 Å². The molecule has 5 heteroatoms. The fourth-order valence-corrected chi connectivity index (χ4v) is 1.79. The molecule has 0 fully saturated rings. The van der Waals surface area contributed by atoms with Crippen molar-refractivity contribution >= 4 is 11.9 Å². The number of methoxy groups -OCH3 is 1. The first-order valence-corrected chi connectivity index (χ1v) is 7.33. The lowest BCUT2D eigenvalue weighted by atomic mass is 10.0. The highest BCUT2D eigenvalue weighted by molar-refractivity contribution is 5.83. The number of nitrogens with zero attached hydrogens (tertiary/aromatic N) is 1. The number of nitrogens with one attached hydrogen (secondary N) is 1. The second-order valence-electron chi connectivity index (χ2n) is 6.14. The molecule has 0 rings (SSSR count). The summed E-state index contributed by atoms with van der Waals surface area (Å²) < 4.78 is 4.67. The van der Waals surface area contributed by atoms with Crippen LogP contribution in [0.4, 0.5) is 0 Å². The van der Waals surface area contributed by atoms with Gasteiger partial charge in [-0.25, -0.2) is 0 Å². The summed E-state index contributed by atoms with van der Waals surface area (Å²) >= 11 is 0. The Balaban J connectivity index is 4.65. The monoisotopic (exact) mass is 286 g/mol. The maximum Gasteiger partial charge on any atom is 0.325 e. The van der Waals surface area contributed by atoms with Crippen LogP contribution in [0.1, 0.15) is 47.5 Å². The summed E-state index contributed by atoms with van der Waals surface area (Å²) in [6.07, 6.45) is 1.99. The van der Waals surface area contributed by atoms with Crippen molar-refractivity contribution in [2.45, 2.75) is 53.0 Å². The van der Waals surface area contributed by atoms with Crippen molar-refractivity contribution in [2.24, 2.45) is 5.92 Å². The quantitative estimate of drug-likeness (QED) is 0.691. The van der Waals surface area contributed by atoms with Crippen LogP contribution in [0, 0.1) is 5.92 Å². The van der Waals surface area contributed by atoms with Gasteiger partial charge in [-0.2, -0.15) is 0 Å². The molecule has 0 saturated carbocycles. The third-order valence-corrected chi connectivity index (χ3v) is 3.30. The molecule has 0 heterocycles. The Morgan fingerprint density at radius 3 is 2.15 bits per heavy atom. The molecule has 0 aromatic carbocycles. The van der Waals surface area contributed by atoms with E-state index in [4.69, 9.17) is 0 Å². The smallest absolute Gasteiger partial charge is 0.325 e. The molecule has 1 N–H and O–H groups in total. The minimum Gasteiger partial charge on any atom is -0.468 e. The Bertz CT molecular complexity index is 307. The lowest BCUT2D eigenvalue weighted by molar-refractivity contribution is -0.147. The third-order valence-electron chi connectivity index (χ3n) is 3.30. The van der Waals surface area contributed by atoms with Crippen molar-refractivity contribution < 1.29 is 14.3 Å². The molecule has 0 radical (unpaired) electrons. The van der Waals surface area contributed by atoms with E-state index in [1.165, 1.54) is 7.11 Å². The molecule has 0 saturated heterocycles. The third kappa shape index (κ3) is 8.15. The number of carbonyl (C=O) groups is 2. The summed E-state index contributed by atoms with van der Waals surface area (Å²) in [7, 11) is 1.34. The Kier molecular flexibility index (Phi) is 8.46. The van der Waals surface area contributed by atoms with Crippen molar-refractivity contribution in [1.82, 2.24) is 10.2 Å². The van der Waals surface area contributed by atoms with Crippen molar-refractivity contribution in [1.29, 1.82) is 0 Å². The molecule has 0 atom stereocenters. The maximum absolute atomic E-state index is 12.3. The van der Waals surface area contributed by atoms with Crippen molar-refractivity contribution in [3.63, 3.8) is 0 Å². The summed E-state index contributed by atoms with van der Waals surface area (Å²) in [4.78, 5) is 25.3. The molecule has 0 aliphatic rings. The minimum atomic E-state index is -0.375. The largest absolute Gasteiger partial charge is 0.468 e. The molecule has 1 amide bonds. The van der Waals surface area contributed by atoms with Gasteiger partial charge in [-0.1, -0.05) is 26.7 Å². The van der Waals surface area contributed by atoms with Gasteiger partial charge >= 0.3 is 5.97 Å². The predicted octanol–water partition coefficient (Wildman–Crippen LogP) is 1.81. The first kappa shape index (κ1) is 18.9. The molecule has 5 nitrogen and oxygen atoms in total. The lowest BCUT2D eigenvalue weighted by Gasteiger charge is -2.28. The van der Waals surface area contributed by atoms with Crippen LogP contribution >= 0.6 is 0 Å². The van der Waals surface area contributed by atoms with E-state index in [1.807, 2.05) is 20.8 Å². The van der Waals surface area contributed by atoms with Gasteiger partial charge < -0.3 is 15.0 Å². The first-order valence-electron chi connectivity index (χ1n) is 7.33. The highest BCUT2D eigenvalue weighted by atomic mass is 16.5. The number of rotatable bonds is 8. The average Bonchev–Trinajstić information content (AvgIpc) is 2.39. The molecule has 0 aromatic heterocycles. The van der Waals surface area contributed by atoms with Crippen LogP contribution in [0.25, 0.3) is 0 Å². The van der Waals surface area contributed by atoms with E-state index in [1.54, 1.807) is 4.90 Å². The summed E-state index contributed by atoms with van der Waals surface area (Å²) in [5, 5.41) is 3.16. The Hall–Kier alpha value is -1.10. The normalized spacial score (nSPS) is 11.6. The SMILES string of the molecule is CCC(CC)CN(CC(=O)OC)C(=O)CNC(C)(C)C. The van der Waals surface area contributed by atoms with Gasteiger partial charge in [0.25, 0.3) is 0 Å². The highest BCUT2D eigenvalue weighted by Crippen LogP contribution is 2.10. The molecule has 0 spiro atoms. The second kappa shape index (κ2) is 8.95. The summed E-state index contributed by atoms with van der Waals surface area (Å²) in [5.74, 6) is -0.0180. The summed E-state index contributed by atoms with van der Waals surface area (Å²) in [6.45, 7) is 11.1. The van der Waals surface area contributed by atoms with Crippen LogP contribution in [-0.2, 0) is 14.3 Å². The van der Waals surface area contributed by atoms with Gasteiger partial charge in [0, 0.05) is 12.1 Å². The van der Waals surface area contributed by atoms with Gasteiger partial charge in [-0.05, 0) is 26.7 Å². The van der Waals surface area contributed by atoms with E-state index in [2.05, 4.69) is 23.9 Å². The summed E-state index contributed by atoms with van der Waals surface area (Å²) in [5.41, 5.74) is -0.124. The number of hydrogen-bond acceptors (Lipinski definition) is 4. The molecule has 0 aliphatic heterocycles. The van der Waals surface area contributed by atoms with Gasteiger partial charge in [0.15, 0.2) is 0 Å². The van der Waals surface area contributed by atoms with E-state index in [0.717, 1.165) is 12.8 Å². The lowest BCUT2D eigenvalue weighted by Crippen LogP contribution is -2.47. The van der Waals surface area contributed by atoms with Gasteiger partial charge in [-0.15, -0.1) is 0 Å². The fraction of sp³-hybridized carbons (Fsp3) is 0.867. The minimum absolute atomic E-state index is 0.0255. The number of carbonyl (C=O) groups excluding carboxylic acids is 2. The topological polar surface area (TPSA) is 58.6 Å². The predicted molar refractivity (Wildman–Crippen MR) is 80.4 cm³/mol. The van der Waals surface area contributed by atoms with E-state index >= 15 is 0 Å². The number of esters is 1. The fourth-order valence-electron chi connectivity index (χ4n) is 1.79. The maximum atomic E-state index is 12.3. The standard InChI is InChI=1S/C15H30N2O3/c1-7-12(8-2)10-17(11-14(19)20-6)13(18)9-16-15(3,4)5/h12,16H,7-11H2,1-6H3. The average molecular weight is 286 g/mol. The number of ether oxygens (including phenoxy) is 1. The van der Waals surface area contributed by atoms with Gasteiger partial charge in [-0.3, -0.25) is 9.59 Å². The molecule has 0 bridgehead atoms. The number of hydrogen-bond donors (Lipinski definition) is 1. The van der Waals surface area contributed by atoms with Crippen LogP contribution < -0.4 is 5.32 Å². The second-order valence-corrected chi connectivity index (χ2v) is 6.14. The molecule has 0 aliphatic carbocycles. The van der Waals surface area contributed by atoms with Crippen LogP contribution in [0.15, 0.2) is 0 Å². The van der Waals surface area contributed by atoms with E-state index in [9.17, 15) is 9.59 Å². The molecule has 0 unspecified atom stereocenters. The summed E-state index contributed by atoms with van der Waals surface area (Å²) in [6, 6.07) is 0. The zero-order chi connectivity index (χ0) is 15.8. The Morgan fingerprint density at radius 2 is 1.75 bits per heavy atom. The van der Waals surface area contributed by atoms with Crippen molar-refractivity contribution in [2.75, 3.05) is 26.7 Å².